The molecule has 1 saturated carbocycles. The Kier molecular flexibility index (Phi) is 8.90. The van der Waals surface area contributed by atoms with Crippen molar-refractivity contribution in [3.8, 4) is 11.3 Å². The summed E-state index contributed by atoms with van der Waals surface area (Å²) in [6.07, 6.45) is 12.1. The van der Waals surface area contributed by atoms with Crippen LogP contribution in [0.4, 0.5) is 0 Å². The summed E-state index contributed by atoms with van der Waals surface area (Å²) >= 11 is 0. The van der Waals surface area contributed by atoms with Crippen LogP contribution in [-0.4, -0.2) is 23.8 Å². The minimum absolute atomic E-state index is 0.00568. The molecule has 0 spiro atoms. The van der Waals surface area contributed by atoms with Crippen LogP contribution < -0.4 is 4.57 Å². The zero-order chi connectivity index (χ0) is 26.6. The number of hydrogen-bond acceptors (Lipinski definition) is 3. The van der Waals surface area contributed by atoms with E-state index in [1.807, 2.05) is 13.3 Å². The largest absolute Gasteiger partial charge is 0.495 e. The van der Waals surface area contributed by atoms with Crippen molar-refractivity contribution >= 4 is 0 Å². The maximum Gasteiger partial charge on any atom is 0.286 e. The number of aryl methyl sites for hydroxylation is 1. The van der Waals surface area contributed by atoms with Crippen LogP contribution in [0.3, 0.4) is 0 Å². The number of ether oxygens (including phenoxy) is 2. The zero-order valence-corrected chi connectivity index (χ0v) is 23.9. The predicted molar refractivity (Wildman–Crippen MR) is 151 cm³/mol. The van der Waals surface area contributed by atoms with Crippen molar-refractivity contribution in [3.05, 3.63) is 71.9 Å². The van der Waals surface area contributed by atoms with Crippen molar-refractivity contribution in [3.63, 3.8) is 0 Å². The Morgan fingerprint density at radius 3 is 2.70 bits per heavy atom. The molecule has 200 valence electrons. The van der Waals surface area contributed by atoms with Gasteiger partial charge in [-0.05, 0) is 62.2 Å². The second-order valence-corrected chi connectivity index (χ2v) is 11.5. The number of rotatable bonds is 11. The lowest BCUT2D eigenvalue weighted by Gasteiger charge is -2.40. The zero-order valence-electron chi connectivity index (χ0n) is 23.9. The van der Waals surface area contributed by atoms with Gasteiger partial charge in [-0.15, -0.1) is 0 Å². The first kappa shape index (κ1) is 27.6. The van der Waals surface area contributed by atoms with E-state index in [1.54, 1.807) is 0 Å². The smallest absolute Gasteiger partial charge is 0.286 e. The minimum atomic E-state index is -0.215. The average molecular weight is 504 g/mol. The Bertz CT molecular complexity index is 1120. The predicted octanol–water partition coefficient (Wildman–Crippen LogP) is 7.26. The van der Waals surface area contributed by atoms with Gasteiger partial charge in [0.05, 0.1) is 18.9 Å². The highest BCUT2D eigenvalue weighted by atomic mass is 16.5. The highest BCUT2D eigenvalue weighted by Crippen LogP contribution is 2.45. The van der Waals surface area contributed by atoms with Gasteiger partial charge in [0.2, 0.25) is 0 Å². The molecular weight excluding hydrogens is 456 g/mol. The Morgan fingerprint density at radius 2 is 2.00 bits per heavy atom. The van der Waals surface area contributed by atoms with E-state index in [4.69, 9.17) is 21.0 Å². The van der Waals surface area contributed by atoms with Gasteiger partial charge in [0, 0.05) is 23.5 Å². The van der Waals surface area contributed by atoms with Gasteiger partial charge in [0.15, 0.2) is 5.69 Å². The highest BCUT2D eigenvalue weighted by Gasteiger charge is 2.40. The third-order valence-corrected chi connectivity index (χ3v) is 8.38. The summed E-state index contributed by atoms with van der Waals surface area (Å²) in [5.74, 6) is 2.53. The molecule has 4 rings (SSSR count). The van der Waals surface area contributed by atoms with E-state index in [0.29, 0.717) is 12.5 Å². The molecule has 37 heavy (non-hydrogen) atoms. The summed E-state index contributed by atoms with van der Waals surface area (Å²) < 4.78 is 14.7. The monoisotopic (exact) mass is 503 g/mol. The Hall–Kier alpha value is -2.46. The molecule has 0 radical (unpaired) electrons. The van der Waals surface area contributed by atoms with Crippen molar-refractivity contribution in [2.45, 2.75) is 97.2 Å². The third-order valence-electron chi connectivity index (χ3n) is 8.38. The van der Waals surface area contributed by atoms with Gasteiger partial charge in [0.25, 0.3) is 6.33 Å². The van der Waals surface area contributed by atoms with Crippen molar-refractivity contribution < 1.29 is 14.0 Å². The van der Waals surface area contributed by atoms with Crippen LogP contribution in [0.2, 0.25) is 0 Å². The molecule has 2 heterocycles. The molecule has 0 amide bonds. The van der Waals surface area contributed by atoms with Crippen LogP contribution in [-0.2, 0) is 28.4 Å². The lowest BCUT2D eigenvalue weighted by Crippen LogP contribution is -2.39. The molecule has 0 N–H and O–H groups in total. The molecule has 1 aliphatic heterocycles. The summed E-state index contributed by atoms with van der Waals surface area (Å²) in [6.45, 7) is 16.3. The van der Waals surface area contributed by atoms with Crippen molar-refractivity contribution in [1.29, 1.82) is 0 Å². The molecule has 1 aromatic carbocycles. The SMILES string of the molecule is C=C(C1COC(C)=CC(C)O1)C(CC)(CCC)c1ccccc1-c1cc(CC(C)CC2CC2)nc[n+]1C. The quantitative estimate of drug-likeness (QED) is 0.239. The topological polar surface area (TPSA) is 35.2 Å². The Balaban J connectivity index is 1.73. The van der Waals surface area contributed by atoms with Gasteiger partial charge in [-0.1, -0.05) is 75.9 Å². The Morgan fingerprint density at radius 1 is 1.24 bits per heavy atom. The van der Waals surface area contributed by atoms with Crippen LogP contribution >= 0.6 is 0 Å². The van der Waals surface area contributed by atoms with Crippen molar-refractivity contribution in [2.75, 3.05) is 6.61 Å². The summed E-state index contributed by atoms with van der Waals surface area (Å²) in [6, 6.07) is 11.2. The van der Waals surface area contributed by atoms with Crippen LogP contribution in [0.15, 0.2) is 60.6 Å². The normalized spacial score (nSPS) is 22.4. The molecule has 1 fully saturated rings. The van der Waals surface area contributed by atoms with Crippen LogP contribution in [0, 0.1) is 11.8 Å². The first-order valence-corrected chi connectivity index (χ1v) is 14.4. The number of hydrogen-bond donors (Lipinski definition) is 0. The number of nitrogens with zero attached hydrogens (tertiary/aromatic N) is 2. The number of aromatic nitrogens is 2. The molecule has 1 aromatic heterocycles. The first-order chi connectivity index (χ1) is 17.8. The second-order valence-electron chi connectivity index (χ2n) is 11.5. The number of benzene rings is 1. The first-order valence-electron chi connectivity index (χ1n) is 14.4. The van der Waals surface area contributed by atoms with Gasteiger partial charge in [-0.3, -0.25) is 0 Å². The second kappa shape index (κ2) is 11.9. The maximum atomic E-state index is 6.47. The van der Waals surface area contributed by atoms with E-state index in [9.17, 15) is 0 Å². The summed E-state index contributed by atoms with van der Waals surface area (Å²) in [4.78, 5) is 4.82. The molecule has 2 aliphatic rings. The molecule has 4 nitrogen and oxygen atoms in total. The standard InChI is InChI=1S/C33H47N2O2/c1-8-16-33(9-2,26(6)32-21-36-24(4)19-25(5)37-32)30-13-11-10-12-29(30)31-20-28(34-22-35(31)7)18-23(3)17-27-14-15-27/h10-13,19-20,22-23,25,27,32H,6,8-9,14-18,21H2,1-5,7H3/q+1. The van der Waals surface area contributed by atoms with Gasteiger partial charge < -0.3 is 9.47 Å². The summed E-state index contributed by atoms with van der Waals surface area (Å²) in [5.41, 5.74) is 5.89. The van der Waals surface area contributed by atoms with Crippen molar-refractivity contribution in [2.24, 2.45) is 18.9 Å². The van der Waals surface area contributed by atoms with Gasteiger partial charge in [-0.2, -0.15) is 0 Å². The highest BCUT2D eigenvalue weighted by molar-refractivity contribution is 5.65. The van der Waals surface area contributed by atoms with E-state index in [1.165, 1.54) is 41.8 Å². The van der Waals surface area contributed by atoms with Gasteiger partial charge in [0.1, 0.15) is 18.4 Å². The lowest BCUT2D eigenvalue weighted by molar-refractivity contribution is -0.663. The van der Waals surface area contributed by atoms with E-state index >= 15 is 0 Å². The Labute approximate surface area is 224 Å². The van der Waals surface area contributed by atoms with E-state index in [0.717, 1.165) is 42.9 Å². The molecule has 4 heteroatoms. The van der Waals surface area contributed by atoms with Crippen LogP contribution in [0.1, 0.15) is 84.4 Å². The fraction of sp³-hybridized carbons (Fsp3) is 0.576. The molecule has 4 unspecified atom stereocenters. The fourth-order valence-corrected chi connectivity index (χ4v) is 6.29. The summed E-state index contributed by atoms with van der Waals surface area (Å²) in [5, 5.41) is 0. The van der Waals surface area contributed by atoms with Crippen molar-refractivity contribution in [1.82, 2.24) is 4.98 Å². The molecule has 0 bridgehead atoms. The summed E-state index contributed by atoms with van der Waals surface area (Å²) in [7, 11) is 2.11. The van der Waals surface area contributed by atoms with E-state index in [-0.39, 0.29) is 17.6 Å². The van der Waals surface area contributed by atoms with Crippen LogP contribution in [0.5, 0.6) is 0 Å². The molecule has 0 saturated heterocycles. The van der Waals surface area contributed by atoms with E-state index in [2.05, 4.69) is 75.7 Å². The molecule has 4 atom stereocenters. The fourth-order valence-electron chi connectivity index (χ4n) is 6.29. The van der Waals surface area contributed by atoms with E-state index < -0.39 is 0 Å². The van der Waals surface area contributed by atoms with Gasteiger partial charge in [-0.25, -0.2) is 4.57 Å². The van der Waals surface area contributed by atoms with Crippen LogP contribution in [0.25, 0.3) is 11.3 Å². The van der Waals surface area contributed by atoms with Gasteiger partial charge >= 0.3 is 0 Å². The third kappa shape index (κ3) is 6.34. The number of allylic oxidation sites excluding steroid dienone is 1. The molecule has 1 aliphatic carbocycles. The minimum Gasteiger partial charge on any atom is -0.495 e. The average Bonchev–Trinajstić information content (AvgIpc) is 3.71. The maximum absolute atomic E-state index is 6.47. The molecule has 2 aromatic rings. The lowest BCUT2D eigenvalue weighted by atomic mass is 9.66. The molecular formula is C33H47N2O2+.